The number of hydrogen-bond donors (Lipinski definition) is 2. The first kappa shape index (κ1) is 19.5. The van der Waals surface area contributed by atoms with Gasteiger partial charge in [0.1, 0.15) is 0 Å². The van der Waals surface area contributed by atoms with Gasteiger partial charge in [-0.25, -0.2) is 4.79 Å². The molecule has 0 radical (unpaired) electrons. The Balaban J connectivity index is 1.82. The van der Waals surface area contributed by atoms with Gasteiger partial charge in [-0.15, -0.1) is 0 Å². The first-order chi connectivity index (χ1) is 13.0. The van der Waals surface area contributed by atoms with Crippen molar-refractivity contribution < 1.29 is 14.0 Å². The van der Waals surface area contributed by atoms with Crippen LogP contribution < -0.4 is 15.6 Å². The van der Waals surface area contributed by atoms with E-state index in [-0.39, 0.29) is 10.9 Å². The Kier molecular flexibility index (Phi) is 6.26. The van der Waals surface area contributed by atoms with Crippen LogP contribution >= 0.6 is 35.0 Å². The van der Waals surface area contributed by atoms with Crippen LogP contribution in [0.1, 0.15) is 13.3 Å². The third-order valence-corrected chi connectivity index (χ3v) is 5.68. The van der Waals surface area contributed by atoms with Crippen LogP contribution in [0, 0.1) is 0 Å². The number of nitrogens with one attached hydrogen (secondary N) is 2. The highest BCUT2D eigenvalue weighted by molar-refractivity contribution is 8.00. The monoisotopic (exact) mass is 424 g/mol. The van der Waals surface area contributed by atoms with Crippen molar-refractivity contribution in [2.75, 3.05) is 5.32 Å². The molecule has 0 spiro atoms. The van der Waals surface area contributed by atoms with E-state index in [1.54, 1.807) is 18.2 Å². The molecule has 0 aliphatic heterocycles. The third kappa shape index (κ3) is 4.55. The van der Waals surface area contributed by atoms with Gasteiger partial charge in [0.25, 0.3) is 0 Å². The molecule has 1 aromatic heterocycles. The Labute approximate surface area is 169 Å². The SMILES string of the molecule is CCC(Sc1c(=O)o[nH][n+]1-c1ccccc1)C(=O)Nc1ccc(Cl)cc1Cl. The Morgan fingerprint density at radius 3 is 2.67 bits per heavy atom. The Morgan fingerprint density at radius 1 is 1.26 bits per heavy atom. The number of benzene rings is 2. The van der Waals surface area contributed by atoms with E-state index in [0.717, 1.165) is 17.4 Å². The summed E-state index contributed by atoms with van der Waals surface area (Å²) >= 11 is 13.1. The lowest BCUT2D eigenvalue weighted by molar-refractivity contribution is -0.704. The van der Waals surface area contributed by atoms with Crippen molar-refractivity contribution in [2.45, 2.75) is 23.6 Å². The van der Waals surface area contributed by atoms with Crippen LogP contribution in [0.4, 0.5) is 5.69 Å². The summed E-state index contributed by atoms with van der Waals surface area (Å²) in [6.07, 6.45) is 0.501. The van der Waals surface area contributed by atoms with Crippen LogP contribution in [0.15, 0.2) is 62.9 Å². The van der Waals surface area contributed by atoms with Gasteiger partial charge < -0.3 is 5.32 Å². The fourth-order valence-corrected chi connectivity index (χ4v) is 3.82. The molecular formula is C18H16Cl2N3O3S+. The maximum absolute atomic E-state index is 12.7. The summed E-state index contributed by atoms with van der Waals surface area (Å²) < 4.78 is 6.43. The lowest BCUT2D eigenvalue weighted by Gasteiger charge is -2.13. The van der Waals surface area contributed by atoms with Crippen LogP contribution in [-0.4, -0.2) is 16.4 Å². The molecule has 1 amide bonds. The molecular weight excluding hydrogens is 409 g/mol. The summed E-state index contributed by atoms with van der Waals surface area (Å²) in [4.78, 5) is 24.8. The summed E-state index contributed by atoms with van der Waals surface area (Å²) in [5.74, 6) is -0.271. The minimum absolute atomic E-state index is 0.271. The maximum atomic E-state index is 12.7. The van der Waals surface area contributed by atoms with E-state index in [2.05, 4.69) is 10.6 Å². The average molecular weight is 425 g/mol. The van der Waals surface area contributed by atoms with Crippen molar-refractivity contribution in [1.82, 2.24) is 5.27 Å². The summed E-state index contributed by atoms with van der Waals surface area (Å²) in [6, 6.07) is 14.0. The number of amides is 1. The zero-order chi connectivity index (χ0) is 19.4. The third-order valence-electron chi connectivity index (χ3n) is 3.73. The van der Waals surface area contributed by atoms with Gasteiger partial charge in [-0.3, -0.25) is 9.32 Å². The minimum atomic E-state index is -0.542. The smallest absolute Gasteiger partial charge is 0.324 e. The molecule has 1 atom stereocenters. The number of hydrogen-bond acceptors (Lipinski definition) is 4. The molecule has 140 valence electrons. The molecule has 0 aliphatic rings. The van der Waals surface area contributed by atoms with E-state index in [4.69, 9.17) is 27.7 Å². The predicted octanol–water partition coefficient (Wildman–Crippen LogP) is 4.06. The summed E-state index contributed by atoms with van der Waals surface area (Å²) in [6.45, 7) is 1.86. The van der Waals surface area contributed by atoms with E-state index in [9.17, 15) is 9.59 Å². The number of carbonyl (C=O) groups excluding carboxylic acids is 1. The predicted molar refractivity (Wildman–Crippen MR) is 106 cm³/mol. The van der Waals surface area contributed by atoms with Crippen molar-refractivity contribution in [2.24, 2.45) is 0 Å². The molecule has 2 aromatic carbocycles. The van der Waals surface area contributed by atoms with Crippen LogP contribution in [0.25, 0.3) is 5.69 Å². The highest BCUT2D eigenvalue weighted by Gasteiger charge is 2.30. The number of halogens is 2. The van der Waals surface area contributed by atoms with Gasteiger partial charge in [-0.1, -0.05) is 48.3 Å². The second-order valence-corrected chi connectivity index (χ2v) is 7.62. The lowest BCUT2D eigenvalue weighted by atomic mass is 10.2. The van der Waals surface area contributed by atoms with Gasteiger partial charge in [0.2, 0.25) is 11.6 Å². The summed E-state index contributed by atoms with van der Waals surface area (Å²) in [5, 5.41) is 5.93. The number of para-hydroxylation sites is 1. The number of aromatic amines is 1. The van der Waals surface area contributed by atoms with Crippen LogP contribution in [-0.2, 0) is 4.79 Å². The molecule has 1 heterocycles. The number of H-pyrrole nitrogens is 1. The zero-order valence-electron chi connectivity index (χ0n) is 14.2. The van der Waals surface area contributed by atoms with Crippen molar-refractivity contribution in [3.8, 4) is 5.69 Å². The molecule has 0 aliphatic carbocycles. The van der Waals surface area contributed by atoms with Crippen molar-refractivity contribution >= 4 is 46.6 Å². The molecule has 27 heavy (non-hydrogen) atoms. The highest BCUT2D eigenvalue weighted by atomic mass is 35.5. The summed E-state index contributed by atoms with van der Waals surface area (Å²) in [7, 11) is 0. The van der Waals surface area contributed by atoms with Crippen LogP contribution in [0.2, 0.25) is 10.0 Å². The molecule has 0 saturated heterocycles. The van der Waals surface area contributed by atoms with Gasteiger partial charge in [0.05, 0.1) is 16.0 Å². The van der Waals surface area contributed by atoms with Gasteiger partial charge in [0, 0.05) is 17.2 Å². The molecule has 2 N–H and O–H groups in total. The van der Waals surface area contributed by atoms with Gasteiger partial charge in [-0.2, -0.15) is 0 Å². The van der Waals surface area contributed by atoms with Crippen molar-refractivity contribution in [3.63, 3.8) is 0 Å². The molecule has 3 rings (SSSR count). The molecule has 9 heteroatoms. The minimum Gasteiger partial charge on any atom is -0.324 e. The van der Waals surface area contributed by atoms with E-state index < -0.39 is 10.9 Å². The molecule has 0 fully saturated rings. The van der Waals surface area contributed by atoms with Gasteiger partial charge >= 0.3 is 10.7 Å². The normalized spacial score (nSPS) is 12.0. The topological polar surface area (TPSA) is 79.0 Å². The zero-order valence-corrected chi connectivity index (χ0v) is 16.6. The number of thioether (sulfide) groups is 1. The molecule has 0 bridgehead atoms. The van der Waals surface area contributed by atoms with Gasteiger partial charge in [-0.05, 0) is 46.3 Å². The number of aromatic nitrogens is 2. The van der Waals surface area contributed by atoms with Crippen molar-refractivity contribution in [1.29, 1.82) is 0 Å². The van der Waals surface area contributed by atoms with Crippen molar-refractivity contribution in [3.05, 3.63) is 69.0 Å². The average Bonchev–Trinajstić information content (AvgIpc) is 3.03. The quantitative estimate of drug-likeness (QED) is 0.461. The summed E-state index contributed by atoms with van der Waals surface area (Å²) in [5.41, 5.74) is 0.642. The van der Waals surface area contributed by atoms with E-state index in [1.807, 2.05) is 37.3 Å². The second kappa shape index (κ2) is 8.65. The largest absolute Gasteiger partial charge is 0.442 e. The fourth-order valence-electron chi connectivity index (χ4n) is 2.37. The molecule has 3 aromatic rings. The Bertz CT molecular complexity index is 1000. The number of carbonyl (C=O) groups is 1. The van der Waals surface area contributed by atoms with Crippen LogP contribution in [0.5, 0.6) is 0 Å². The van der Waals surface area contributed by atoms with E-state index in [0.29, 0.717) is 22.2 Å². The van der Waals surface area contributed by atoms with E-state index in [1.165, 1.54) is 4.68 Å². The first-order valence-electron chi connectivity index (χ1n) is 8.11. The Morgan fingerprint density at radius 2 is 2.00 bits per heavy atom. The van der Waals surface area contributed by atoms with Crippen LogP contribution in [0.3, 0.4) is 0 Å². The lowest BCUT2D eigenvalue weighted by Crippen LogP contribution is -2.37. The van der Waals surface area contributed by atoms with E-state index >= 15 is 0 Å². The second-order valence-electron chi connectivity index (χ2n) is 5.59. The fraction of sp³-hybridized carbons (Fsp3) is 0.167. The number of rotatable bonds is 6. The highest BCUT2D eigenvalue weighted by Crippen LogP contribution is 2.27. The van der Waals surface area contributed by atoms with Gasteiger partial charge in [0.15, 0.2) is 0 Å². The molecule has 6 nitrogen and oxygen atoms in total. The maximum Gasteiger partial charge on any atom is 0.442 e. The number of nitrogens with zero attached hydrogens (tertiary/aromatic N) is 1. The number of anilines is 1. The standard InChI is InChI=1S/C18H15Cl2N3O3S/c1-2-15(16(24)21-14-9-8-11(19)10-13(14)20)27-17-18(25)26-22-23(17)12-6-4-3-5-7-12/h3-10,15H,2H2,1H3,(H-,21,22,24,25)/p+1. The Hall–Kier alpha value is -2.22. The first-order valence-corrected chi connectivity index (χ1v) is 9.74. The molecule has 1 unspecified atom stereocenters. The molecule has 0 saturated carbocycles.